The summed E-state index contributed by atoms with van der Waals surface area (Å²) in [6.07, 6.45) is 1.37. The Labute approximate surface area is 106 Å². The summed E-state index contributed by atoms with van der Waals surface area (Å²) in [4.78, 5) is 0. The topological polar surface area (TPSA) is 73.9 Å². The van der Waals surface area contributed by atoms with Gasteiger partial charge in [0.1, 0.15) is 0 Å². The maximum Gasteiger partial charge on any atom is 0.504 e. The second kappa shape index (κ2) is 9.99. The van der Waals surface area contributed by atoms with Crippen molar-refractivity contribution in [2.75, 3.05) is 33.0 Å². The van der Waals surface area contributed by atoms with Crippen molar-refractivity contribution in [2.24, 2.45) is 5.73 Å². The molecular weight excluding hydrogens is 238 g/mol. The van der Waals surface area contributed by atoms with Gasteiger partial charge in [0, 0.05) is 32.0 Å². The molecule has 6 heteroatoms. The number of aliphatic hydroxyl groups is 1. The van der Waals surface area contributed by atoms with Crippen molar-refractivity contribution in [1.29, 1.82) is 0 Å². The van der Waals surface area contributed by atoms with Crippen LogP contribution in [0.5, 0.6) is 0 Å². The van der Waals surface area contributed by atoms with Crippen LogP contribution in [0.25, 0.3) is 0 Å². The summed E-state index contributed by atoms with van der Waals surface area (Å²) in [6.45, 7) is 8.10. The molecular formula is C11H27NO4Si. The molecule has 0 radical (unpaired) electrons. The van der Waals surface area contributed by atoms with Crippen molar-refractivity contribution >= 4 is 8.80 Å². The SMILES string of the molecule is CCO[Si](OCC)(OCC)[C@@H](CCN)CCO. The van der Waals surface area contributed by atoms with Crippen LogP contribution in [-0.2, 0) is 13.3 Å². The maximum absolute atomic E-state index is 9.15. The zero-order valence-electron chi connectivity index (χ0n) is 11.3. The maximum atomic E-state index is 9.15. The lowest BCUT2D eigenvalue weighted by Gasteiger charge is -2.35. The summed E-state index contributed by atoms with van der Waals surface area (Å²) >= 11 is 0. The first-order chi connectivity index (χ1) is 8.20. The summed E-state index contributed by atoms with van der Waals surface area (Å²) < 4.78 is 17.4. The van der Waals surface area contributed by atoms with Crippen molar-refractivity contribution < 1.29 is 18.4 Å². The van der Waals surface area contributed by atoms with E-state index < -0.39 is 8.80 Å². The number of rotatable bonds is 11. The molecule has 0 aromatic carbocycles. The third kappa shape index (κ3) is 5.46. The summed E-state index contributed by atoms with van der Waals surface area (Å²) in [7, 11) is -2.71. The van der Waals surface area contributed by atoms with E-state index in [0.29, 0.717) is 32.8 Å². The van der Waals surface area contributed by atoms with Gasteiger partial charge in [-0.15, -0.1) is 0 Å². The van der Waals surface area contributed by atoms with Crippen LogP contribution in [0.3, 0.4) is 0 Å². The fourth-order valence-electron chi connectivity index (χ4n) is 1.94. The van der Waals surface area contributed by atoms with Crippen LogP contribution in [0.15, 0.2) is 0 Å². The lowest BCUT2D eigenvalue weighted by molar-refractivity contribution is 0.0565. The lowest BCUT2D eigenvalue weighted by Crippen LogP contribution is -2.51. The highest BCUT2D eigenvalue weighted by Crippen LogP contribution is 2.31. The molecule has 0 fully saturated rings. The Morgan fingerprint density at radius 2 is 1.47 bits per heavy atom. The molecule has 0 aliphatic heterocycles. The molecule has 104 valence electrons. The van der Waals surface area contributed by atoms with Gasteiger partial charge >= 0.3 is 8.80 Å². The van der Waals surface area contributed by atoms with E-state index in [9.17, 15) is 0 Å². The number of nitrogens with two attached hydrogens (primary N) is 1. The molecule has 0 bridgehead atoms. The van der Waals surface area contributed by atoms with Crippen LogP contribution in [0, 0.1) is 0 Å². The van der Waals surface area contributed by atoms with Gasteiger partial charge in [-0.05, 0) is 40.2 Å². The highest BCUT2D eigenvalue weighted by Gasteiger charge is 2.48. The molecule has 1 atom stereocenters. The molecule has 0 aromatic rings. The Morgan fingerprint density at radius 3 is 1.76 bits per heavy atom. The van der Waals surface area contributed by atoms with Gasteiger partial charge in [-0.25, -0.2) is 0 Å². The zero-order valence-corrected chi connectivity index (χ0v) is 12.3. The highest BCUT2D eigenvalue weighted by molar-refractivity contribution is 6.62. The summed E-state index contributed by atoms with van der Waals surface area (Å²) in [5.74, 6) is 0. The van der Waals surface area contributed by atoms with E-state index in [2.05, 4.69) is 0 Å². The van der Waals surface area contributed by atoms with Crippen molar-refractivity contribution in [1.82, 2.24) is 0 Å². The molecule has 0 spiro atoms. The van der Waals surface area contributed by atoms with Gasteiger partial charge in [-0.1, -0.05) is 0 Å². The average Bonchev–Trinajstić information content (AvgIpc) is 2.29. The van der Waals surface area contributed by atoms with Crippen LogP contribution < -0.4 is 5.73 Å². The molecule has 0 saturated carbocycles. The van der Waals surface area contributed by atoms with E-state index in [1.807, 2.05) is 20.8 Å². The summed E-state index contributed by atoms with van der Waals surface area (Å²) in [5, 5.41) is 9.15. The number of hydrogen-bond donors (Lipinski definition) is 2. The summed E-state index contributed by atoms with van der Waals surface area (Å²) in [5.41, 5.74) is 5.70. The van der Waals surface area contributed by atoms with Crippen molar-refractivity contribution in [3.8, 4) is 0 Å². The first kappa shape index (κ1) is 17.0. The van der Waals surface area contributed by atoms with Crippen LogP contribution in [-0.4, -0.2) is 46.9 Å². The van der Waals surface area contributed by atoms with E-state index in [4.69, 9.17) is 24.1 Å². The van der Waals surface area contributed by atoms with Gasteiger partial charge in [0.25, 0.3) is 0 Å². The van der Waals surface area contributed by atoms with E-state index >= 15 is 0 Å². The molecule has 0 amide bonds. The molecule has 0 aliphatic rings. The van der Waals surface area contributed by atoms with Crippen molar-refractivity contribution in [3.05, 3.63) is 0 Å². The second-order valence-electron chi connectivity index (χ2n) is 3.69. The van der Waals surface area contributed by atoms with Gasteiger partial charge in [0.15, 0.2) is 0 Å². The van der Waals surface area contributed by atoms with Crippen molar-refractivity contribution in [2.45, 2.75) is 39.2 Å². The predicted octanol–water partition coefficient (Wildman–Crippen LogP) is 1.14. The van der Waals surface area contributed by atoms with E-state index in [1.54, 1.807) is 0 Å². The van der Waals surface area contributed by atoms with E-state index in [1.165, 1.54) is 0 Å². The molecule has 0 unspecified atom stereocenters. The van der Waals surface area contributed by atoms with Crippen LogP contribution in [0.1, 0.15) is 33.6 Å². The molecule has 0 aromatic heterocycles. The first-order valence-electron chi connectivity index (χ1n) is 6.43. The van der Waals surface area contributed by atoms with Crippen molar-refractivity contribution in [3.63, 3.8) is 0 Å². The highest BCUT2D eigenvalue weighted by atomic mass is 28.4. The van der Waals surface area contributed by atoms with Gasteiger partial charge in [0.05, 0.1) is 0 Å². The molecule has 17 heavy (non-hydrogen) atoms. The third-order valence-corrected chi connectivity index (χ3v) is 6.18. The van der Waals surface area contributed by atoms with Crippen LogP contribution >= 0.6 is 0 Å². The molecule has 0 rings (SSSR count). The fourth-order valence-corrected chi connectivity index (χ4v) is 5.10. The average molecular weight is 265 g/mol. The van der Waals surface area contributed by atoms with Crippen LogP contribution in [0.4, 0.5) is 0 Å². The Balaban J connectivity index is 4.87. The Morgan fingerprint density at radius 1 is 1.00 bits per heavy atom. The summed E-state index contributed by atoms with van der Waals surface area (Å²) in [6, 6.07) is 0. The minimum atomic E-state index is -2.71. The molecule has 5 nitrogen and oxygen atoms in total. The molecule has 0 aliphatic carbocycles. The Kier molecular flexibility index (Phi) is 10.00. The lowest BCUT2D eigenvalue weighted by atomic mass is 10.2. The standard InChI is InChI=1S/C11H27NO4Si/c1-4-14-17(15-5-2,16-6-3)11(7-9-12)8-10-13/h11,13H,4-10,12H2,1-3H3/t11-/m0/s1. The van der Waals surface area contributed by atoms with E-state index in [-0.39, 0.29) is 12.1 Å². The molecule has 0 saturated heterocycles. The second-order valence-corrected chi connectivity index (χ2v) is 6.58. The van der Waals surface area contributed by atoms with Gasteiger partial charge < -0.3 is 24.1 Å². The number of hydrogen-bond acceptors (Lipinski definition) is 5. The smallest absolute Gasteiger partial charge is 0.396 e. The monoisotopic (exact) mass is 265 g/mol. The number of aliphatic hydroxyl groups excluding tert-OH is 1. The van der Waals surface area contributed by atoms with Gasteiger partial charge in [0.2, 0.25) is 0 Å². The Bertz CT molecular complexity index is 160. The van der Waals surface area contributed by atoms with E-state index in [0.717, 1.165) is 6.42 Å². The quantitative estimate of drug-likeness (QED) is 0.548. The Hall–Kier alpha value is 0.0169. The molecule has 3 N–H and O–H groups in total. The van der Waals surface area contributed by atoms with Gasteiger partial charge in [-0.3, -0.25) is 0 Å². The fraction of sp³-hybridized carbons (Fsp3) is 1.00. The largest absolute Gasteiger partial charge is 0.504 e. The third-order valence-electron chi connectivity index (χ3n) is 2.53. The normalized spacial score (nSPS) is 13.9. The first-order valence-corrected chi connectivity index (χ1v) is 8.23. The van der Waals surface area contributed by atoms with Crippen LogP contribution in [0.2, 0.25) is 5.54 Å². The zero-order chi connectivity index (χ0) is 13.1. The van der Waals surface area contributed by atoms with Gasteiger partial charge in [-0.2, -0.15) is 0 Å². The minimum absolute atomic E-state index is 0.0809. The minimum Gasteiger partial charge on any atom is -0.396 e. The molecule has 0 heterocycles. The predicted molar refractivity (Wildman–Crippen MR) is 69.8 cm³/mol.